The van der Waals surface area contributed by atoms with Gasteiger partial charge in [-0.15, -0.1) is 0 Å². The number of nitrogens with one attached hydrogen (secondary N) is 1. The van der Waals surface area contributed by atoms with Crippen molar-refractivity contribution in [2.24, 2.45) is 0 Å². The van der Waals surface area contributed by atoms with E-state index >= 15 is 0 Å². The third-order valence-electron chi connectivity index (χ3n) is 2.96. The Labute approximate surface area is 90.7 Å². The standard InChI is InChI=1S/C13H8N2O/c1-2-10-11(14-6-1)4-3-8-9-5-7-16-13(9)15-12(8)10/h1-7,14H. The summed E-state index contributed by atoms with van der Waals surface area (Å²) in [4.78, 5) is 7.73. The van der Waals surface area contributed by atoms with Crippen LogP contribution in [0.15, 0.2) is 47.2 Å². The van der Waals surface area contributed by atoms with Crippen LogP contribution < -0.4 is 0 Å². The van der Waals surface area contributed by atoms with Crippen molar-refractivity contribution < 1.29 is 4.42 Å². The zero-order valence-corrected chi connectivity index (χ0v) is 8.40. The Morgan fingerprint density at radius 3 is 3.00 bits per heavy atom. The first-order valence-electron chi connectivity index (χ1n) is 5.16. The number of pyridine rings is 1. The van der Waals surface area contributed by atoms with E-state index in [4.69, 9.17) is 4.42 Å². The van der Waals surface area contributed by atoms with E-state index in [9.17, 15) is 0 Å². The van der Waals surface area contributed by atoms with Crippen molar-refractivity contribution in [3.05, 3.63) is 42.8 Å². The first-order valence-corrected chi connectivity index (χ1v) is 5.16. The van der Waals surface area contributed by atoms with Crippen molar-refractivity contribution >= 4 is 32.9 Å². The summed E-state index contributed by atoms with van der Waals surface area (Å²) < 4.78 is 5.33. The first-order chi connectivity index (χ1) is 7.93. The lowest BCUT2D eigenvalue weighted by Crippen LogP contribution is -1.78. The van der Waals surface area contributed by atoms with Crippen LogP contribution in [-0.4, -0.2) is 9.97 Å². The van der Waals surface area contributed by atoms with Gasteiger partial charge < -0.3 is 9.40 Å². The van der Waals surface area contributed by atoms with Gasteiger partial charge in [-0.3, -0.25) is 0 Å². The molecule has 4 aromatic rings. The van der Waals surface area contributed by atoms with Crippen molar-refractivity contribution in [1.82, 2.24) is 9.97 Å². The average Bonchev–Trinajstić information content (AvgIpc) is 2.88. The van der Waals surface area contributed by atoms with Crippen LogP contribution in [0.3, 0.4) is 0 Å². The lowest BCUT2D eigenvalue weighted by molar-refractivity contribution is 0.605. The molecule has 0 bridgehead atoms. The molecule has 16 heavy (non-hydrogen) atoms. The lowest BCUT2D eigenvalue weighted by atomic mass is 10.1. The number of rotatable bonds is 0. The molecule has 3 nitrogen and oxygen atoms in total. The van der Waals surface area contributed by atoms with Crippen molar-refractivity contribution in [2.45, 2.75) is 0 Å². The van der Waals surface area contributed by atoms with E-state index in [0.717, 1.165) is 27.2 Å². The van der Waals surface area contributed by atoms with Crippen LogP contribution in [0.5, 0.6) is 0 Å². The van der Waals surface area contributed by atoms with Crippen LogP contribution in [0.1, 0.15) is 0 Å². The summed E-state index contributed by atoms with van der Waals surface area (Å²) in [6.07, 6.45) is 3.60. The summed E-state index contributed by atoms with van der Waals surface area (Å²) in [7, 11) is 0. The number of hydrogen-bond acceptors (Lipinski definition) is 2. The maximum Gasteiger partial charge on any atom is 0.227 e. The van der Waals surface area contributed by atoms with Gasteiger partial charge in [-0.25, -0.2) is 4.98 Å². The molecular formula is C13H8N2O. The smallest absolute Gasteiger partial charge is 0.227 e. The third-order valence-corrected chi connectivity index (χ3v) is 2.96. The van der Waals surface area contributed by atoms with E-state index in [0.29, 0.717) is 5.71 Å². The Morgan fingerprint density at radius 1 is 1.00 bits per heavy atom. The highest BCUT2D eigenvalue weighted by molar-refractivity contribution is 6.15. The molecule has 3 aromatic heterocycles. The maximum absolute atomic E-state index is 5.33. The molecule has 0 atom stereocenters. The van der Waals surface area contributed by atoms with E-state index in [1.54, 1.807) is 6.26 Å². The fourth-order valence-electron chi connectivity index (χ4n) is 2.22. The van der Waals surface area contributed by atoms with Gasteiger partial charge >= 0.3 is 0 Å². The van der Waals surface area contributed by atoms with Crippen LogP contribution in [0.4, 0.5) is 0 Å². The zero-order valence-electron chi connectivity index (χ0n) is 8.40. The minimum Gasteiger partial charge on any atom is -0.446 e. The number of aromatic amines is 1. The number of H-pyrrole nitrogens is 1. The molecule has 0 aliphatic heterocycles. The highest BCUT2D eigenvalue weighted by Crippen LogP contribution is 2.30. The van der Waals surface area contributed by atoms with E-state index < -0.39 is 0 Å². The molecule has 1 N–H and O–H groups in total. The summed E-state index contributed by atoms with van der Waals surface area (Å²) in [6, 6.07) is 10.2. The molecule has 0 fully saturated rings. The van der Waals surface area contributed by atoms with Gasteiger partial charge in [0.2, 0.25) is 5.71 Å². The van der Waals surface area contributed by atoms with Gasteiger partial charge in [0, 0.05) is 27.9 Å². The number of benzene rings is 1. The van der Waals surface area contributed by atoms with Crippen LogP contribution in [-0.2, 0) is 0 Å². The Balaban J connectivity index is 2.36. The van der Waals surface area contributed by atoms with Gasteiger partial charge in [0.05, 0.1) is 11.8 Å². The summed E-state index contributed by atoms with van der Waals surface area (Å²) in [5.74, 6) is 0. The second-order valence-corrected chi connectivity index (χ2v) is 3.84. The summed E-state index contributed by atoms with van der Waals surface area (Å²) in [5, 5.41) is 3.36. The van der Waals surface area contributed by atoms with Crippen LogP contribution in [0.25, 0.3) is 32.9 Å². The van der Waals surface area contributed by atoms with Gasteiger partial charge in [0.1, 0.15) is 0 Å². The van der Waals surface area contributed by atoms with E-state index in [2.05, 4.69) is 28.2 Å². The van der Waals surface area contributed by atoms with E-state index in [-0.39, 0.29) is 0 Å². The third kappa shape index (κ3) is 0.852. The second kappa shape index (κ2) is 2.64. The van der Waals surface area contributed by atoms with E-state index in [1.165, 1.54) is 0 Å². The fourth-order valence-corrected chi connectivity index (χ4v) is 2.22. The maximum atomic E-state index is 5.33. The molecule has 3 heteroatoms. The van der Waals surface area contributed by atoms with Crippen molar-refractivity contribution in [3.63, 3.8) is 0 Å². The second-order valence-electron chi connectivity index (χ2n) is 3.84. The van der Waals surface area contributed by atoms with Crippen LogP contribution >= 0.6 is 0 Å². The molecule has 0 saturated carbocycles. The van der Waals surface area contributed by atoms with Crippen molar-refractivity contribution in [2.75, 3.05) is 0 Å². The number of hydrogen-bond donors (Lipinski definition) is 1. The predicted octanol–water partition coefficient (Wildman–Crippen LogP) is 3.46. The van der Waals surface area contributed by atoms with Gasteiger partial charge in [-0.05, 0) is 30.3 Å². The number of fused-ring (bicyclic) bond motifs is 5. The molecule has 0 saturated heterocycles. The van der Waals surface area contributed by atoms with Crippen molar-refractivity contribution in [1.29, 1.82) is 0 Å². The molecule has 3 heterocycles. The quantitative estimate of drug-likeness (QED) is 0.480. The Hall–Kier alpha value is -2.29. The number of aromatic nitrogens is 2. The highest BCUT2D eigenvalue weighted by atomic mass is 16.3. The lowest BCUT2D eigenvalue weighted by Gasteiger charge is -1.98. The van der Waals surface area contributed by atoms with Gasteiger partial charge in [0.15, 0.2) is 0 Å². The minimum atomic E-state index is 0.714. The van der Waals surface area contributed by atoms with Gasteiger partial charge in [-0.2, -0.15) is 0 Å². The summed E-state index contributed by atoms with van der Waals surface area (Å²) >= 11 is 0. The van der Waals surface area contributed by atoms with Crippen LogP contribution in [0.2, 0.25) is 0 Å². The topological polar surface area (TPSA) is 41.8 Å². The molecule has 0 aliphatic rings. The average molecular weight is 208 g/mol. The molecule has 0 amide bonds. The highest BCUT2D eigenvalue weighted by Gasteiger charge is 2.10. The largest absolute Gasteiger partial charge is 0.446 e. The molecular weight excluding hydrogens is 200 g/mol. The molecule has 76 valence electrons. The summed E-state index contributed by atoms with van der Waals surface area (Å²) in [6.45, 7) is 0. The zero-order chi connectivity index (χ0) is 10.5. The predicted molar refractivity (Wildman–Crippen MR) is 63.4 cm³/mol. The normalized spacial score (nSPS) is 11.8. The Kier molecular flexibility index (Phi) is 1.31. The molecule has 4 rings (SSSR count). The minimum absolute atomic E-state index is 0.714. The fraction of sp³-hybridized carbons (Fsp3) is 0. The van der Waals surface area contributed by atoms with E-state index in [1.807, 2.05) is 18.3 Å². The Bertz CT molecular complexity index is 804. The number of furan rings is 1. The summed E-state index contributed by atoms with van der Waals surface area (Å²) in [5.41, 5.74) is 2.81. The molecule has 0 unspecified atom stereocenters. The molecule has 0 aliphatic carbocycles. The molecule has 1 aromatic carbocycles. The van der Waals surface area contributed by atoms with Crippen molar-refractivity contribution in [3.8, 4) is 0 Å². The van der Waals surface area contributed by atoms with Gasteiger partial charge in [0.25, 0.3) is 0 Å². The molecule has 0 radical (unpaired) electrons. The number of nitrogens with zero attached hydrogens (tertiary/aromatic N) is 1. The Morgan fingerprint density at radius 2 is 2.00 bits per heavy atom. The monoisotopic (exact) mass is 208 g/mol. The SMILES string of the molecule is c1c[nH]c2ccc3c4ccoc4nc3c2c1. The first kappa shape index (κ1) is 7.93. The molecule has 0 spiro atoms. The van der Waals surface area contributed by atoms with Crippen LogP contribution in [0, 0.1) is 0 Å². The van der Waals surface area contributed by atoms with Gasteiger partial charge in [-0.1, -0.05) is 0 Å².